The fourth-order valence-electron chi connectivity index (χ4n) is 1.50. The number of amides is 1. The van der Waals surface area contributed by atoms with Crippen LogP contribution in [-0.4, -0.2) is 10.9 Å². The van der Waals surface area contributed by atoms with Crippen molar-refractivity contribution >= 4 is 17.3 Å². The summed E-state index contributed by atoms with van der Waals surface area (Å²) >= 11 is 0. The van der Waals surface area contributed by atoms with Crippen LogP contribution in [0.5, 0.6) is 0 Å². The molecule has 2 aromatic rings. The number of carbonyl (C=O) groups excluding carboxylic acids is 1. The first-order valence-electron chi connectivity index (χ1n) is 6.58. The summed E-state index contributed by atoms with van der Waals surface area (Å²) in [6, 6.07) is 10.9. The molecule has 1 aromatic heterocycles. The lowest BCUT2D eigenvalue weighted by Crippen LogP contribution is -2.11. The topological polar surface area (TPSA) is 70.9 Å². The van der Waals surface area contributed by atoms with Crippen LogP contribution in [0.2, 0.25) is 0 Å². The molecule has 0 spiro atoms. The Labute approximate surface area is 119 Å². The summed E-state index contributed by atoms with van der Waals surface area (Å²) in [7, 11) is 0. The number of carbonyl (C=O) groups is 1. The summed E-state index contributed by atoms with van der Waals surface area (Å²) in [6.45, 7) is 4.16. The lowest BCUT2D eigenvalue weighted by Gasteiger charge is -2.02. The summed E-state index contributed by atoms with van der Waals surface area (Å²) in [5.41, 5.74) is 7.26. The monoisotopic (exact) mass is 271 g/mol. The van der Waals surface area contributed by atoms with Crippen molar-refractivity contribution in [2.24, 2.45) is 0 Å². The predicted molar refractivity (Wildman–Crippen MR) is 84.7 cm³/mol. The number of nitrogen functional groups attached to an aromatic ring is 1. The molecule has 20 heavy (non-hydrogen) atoms. The number of aromatic nitrogens is 1. The molecule has 106 valence electrons. The summed E-state index contributed by atoms with van der Waals surface area (Å²) < 4.78 is 0. The van der Waals surface area contributed by atoms with Gasteiger partial charge in [0.05, 0.1) is 0 Å². The van der Waals surface area contributed by atoms with Gasteiger partial charge in [0, 0.05) is 17.6 Å². The van der Waals surface area contributed by atoms with Crippen molar-refractivity contribution in [3.8, 4) is 0 Å². The van der Waals surface area contributed by atoms with Crippen LogP contribution in [0.15, 0.2) is 54.7 Å². The maximum absolute atomic E-state index is 11.6. The normalized spacial score (nSPS) is 9.90. The molecule has 1 aromatic carbocycles. The fourth-order valence-corrected chi connectivity index (χ4v) is 1.50. The standard InChI is InChI=1S/C11H11N3O.C5H10/c12-8-6-10(13-7-8)11(15)14-9-4-2-1-3-5-9;1-3-5-4-2/h1-7,13H,12H2,(H,14,15);3,5H,4H2,1-2H3/b;5-3-. The van der Waals surface area contributed by atoms with Gasteiger partial charge in [-0.15, -0.1) is 0 Å². The van der Waals surface area contributed by atoms with Crippen molar-refractivity contribution in [1.29, 1.82) is 0 Å². The predicted octanol–water partition coefficient (Wildman–Crippen LogP) is 3.82. The van der Waals surface area contributed by atoms with Crippen molar-refractivity contribution in [2.45, 2.75) is 20.3 Å². The Morgan fingerprint density at radius 2 is 2.05 bits per heavy atom. The van der Waals surface area contributed by atoms with Crippen LogP contribution in [0.25, 0.3) is 0 Å². The second-order valence-corrected chi connectivity index (χ2v) is 4.14. The average molecular weight is 271 g/mol. The van der Waals surface area contributed by atoms with Crippen LogP contribution in [0.3, 0.4) is 0 Å². The van der Waals surface area contributed by atoms with Gasteiger partial charge in [0.2, 0.25) is 0 Å². The smallest absolute Gasteiger partial charge is 0.272 e. The van der Waals surface area contributed by atoms with Gasteiger partial charge in [-0.25, -0.2) is 0 Å². The molecule has 2 rings (SSSR count). The summed E-state index contributed by atoms with van der Waals surface area (Å²) in [6.07, 6.45) is 6.93. The van der Waals surface area contributed by atoms with Gasteiger partial charge in [0.1, 0.15) is 5.69 Å². The van der Waals surface area contributed by atoms with E-state index in [0.29, 0.717) is 11.4 Å². The lowest BCUT2D eigenvalue weighted by molar-refractivity contribution is 0.102. The highest BCUT2D eigenvalue weighted by atomic mass is 16.1. The van der Waals surface area contributed by atoms with Crippen molar-refractivity contribution in [1.82, 2.24) is 4.98 Å². The van der Waals surface area contributed by atoms with Gasteiger partial charge in [0.15, 0.2) is 0 Å². The molecular weight excluding hydrogens is 250 g/mol. The SMILES string of the molecule is C/C=C\CC.Nc1c[nH]c(C(=O)Nc2ccccc2)c1. The molecule has 1 amide bonds. The average Bonchev–Trinajstić information content (AvgIpc) is 2.88. The third kappa shape index (κ3) is 5.44. The quantitative estimate of drug-likeness (QED) is 0.743. The van der Waals surface area contributed by atoms with Gasteiger partial charge in [-0.2, -0.15) is 0 Å². The Morgan fingerprint density at radius 3 is 2.50 bits per heavy atom. The van der Waals surface area contributed by atoms with E-state index in [2.05, 4.69) is 29.4 Å². The van der Waals surface area contributed by atoms with E-state index in [4.69, 9.17) is 5.73 Å². The summed E-state index contributed by atoms with van der Waals surface area (Å²) in [4.78, 5) is 14.4. The first-order chi connectivity index (χ1) is 9.67. The van der Waals surface area contributed by atoms with Crippen molar-refractivity contribution in [3.05, 3.63) is 60.4 Å². The minimum atomic E-state index is -0.196. The van der Waals surface area contributed by atoms with Crippen LogP contribution >= 0.6 is 0 Å². The molecule has 0 aliphatic carbocycles. The highest BCUT2D eigenvalue weighted by molar-refractivity contribution is 6.03. The minimum absolute atomic E-state index is 0.196. The van der Waals surface area contributed by atoms with Gasteiger partial charge < -0.3 is 16.0 Å². The molecule has 0 aliphatic rings. The number of aromatic amines is 1. The first-order valence-corrected chi connectivity index (χ1v) is 6.58. The molecule has 4 heteroatoms. The van der Waals surface area contributed by atoms with Crippen molar-refractivity contribution in [2.75, 3.05) is 11.1 Å². The largest absolute Gasteiger partial charge is 0.397 e. The second kappa shape index (κ2) is 8.58. The number of nitrogens with two attached hydrogens (primary N) is 1. The van der Waals surface area contributed by atoms with Crippen LogP contribution in [0.1, 0.15) is 30.8 Å². The molecule has 0 saturated heterocycles. The lowest BCUT2D eigenvalue weighted by atomic mass is 10.3. The van der Waals surface area contributed by atoms with Gasteiger partial charge in [-0.3, -0.25) is 4.79 Å². The van der Waals surface area contributed by atoms with Crippen LogP contribution in [0, 0.1) is 0 Å². The van der Waals surface area contributed by atoms with Gasteiger partial charge in [0.25, 0.3) is 5.91 Å². The van der Waals surface area contributed by atoms with Crippen LogP contribution < -0.4 is 11.1 Å². The summed E-state index contributed by atoms with van der Waals surface area (Å²) in [5, 5.41) is 2.75. The van der Waals surface area contributed by atoms with E-state index in [1.165, 1.54) is 0 Å². The van der Waals surface area contributed by atoms with Gasteiger partial charge >= 0.3 is 0 Å². The highest BCUT2D eigenvalue weighted by Crippen LogP contribution is 2.09. The van der Waals surface area contributed by atoms with Crippen LogP contribution in [-0.2, 0) is 0 Å². The molecule has 0 saturated carbocycles. The van der Waals surface area contributed by atoms with Crippen LogP contribution in [0.4, 0.5) is 11.4 Å². The fraction of sp³-hybridized carbons (Fsp3) is 0.188. The van der Waals surface area contributed by atoms with E-state index >= 15 is 0 Å². The molecule has 0 radical (unpaired) electrons. The number of hydrogen-bond acceptors (Lipinski definition) is 2. The summed E-state index contributed by atoms with van der Waals surface area (Å²) in [5.74, 6) is -0.196. The molecule has 0 unspecified atom stereocenters. The van der Waals surface area contributed by atoms with E-state index in [1.54, 1.807) is 12.3 Å². The number of H-pyrrole nitrogens is 1. The molecule has 0 atom stereocenters. The van der Waals surface area contributed by atoms with E-state index in [1.807, 2.05) is 37.3 Å². The Morgan fingerprint density at radius 1 is 1.35 bits per heavy atom. The zero-order valence-corrected chi connectivity index (χ0v) is 11.9. The molecule has 0 fully saturated rings. The number of nitrogens with one attached hydrogen (secondary N) is 2. The molecular formula is C16H21N3O. The van der Waals surface area contributed by atoms with E-state index in [9.17, 15) is 4.79 Å². The van der Waals surface area contributed by atoms with E-state index in [0.717, 1.165) is 12.1 Å². The van der Waals surface area contributed by atoms with E-state index in [-0.39, 0.29) is 5.91 Å². The Balaban J connectivity index is 0.000000347. The molecule has 4 nitrogen and oxygen atoms in total. The zero-order valence-electron chi connectivity index (χ0n) is 11.9. The minimum Gasteiger partial charge on any atom is -0.397 e. The van der Waals surface area contributed by atoms with Crippen molar-refractivity contribution < 1.29 is 4.79 Å². The number of anilines is 2. The zero-order chi connectivity index (χ0) is 14.8. The number of hydrogen-bond donors (Lipinski definition) is 3. The highest BCUT2D eigenvalue weighted by Gasteiger charge is 2.06. The Hall–Kier alpha value is -2.49. The third-order valence-electron chi connectivity index (χ3n) is 2.45. The third-order valence-corrected chi connectivity index (χ3v) is 2.45. The Bertz CT molecular complexity index is 544. The maximum atomic E-state index is 11.6. The van der Waals surface area contributed by atoms with Gasteiger partial charge in [-0.1, -0.05) is 37.3 Å². The maximum Gasteiger partial charge on any atom is 0.272 e. The number of para-hydroxylation sites is 1. The molecule has 1 heterocycles. The second-order valence-electron chi connectivity index (χ2n) is 4.14. The van der Waals surface area contributed by atoms with Gasteiger partial charge in [-0.05, 0) is 31.5 Å². The number of rotatable bonds is 3. The molecule has 0 aliphatic heterocycles. The van der Waals surface area contributed by atoms with E-state index < -0.39 is 0 Å². The number of benzene rings is 1. The number of allylic oxidation sites excluding steroid dienone is 2. The molecule has 4 N–H and O–H groups in total. The first kappa shape index (κ1) is 15.6. The Kier molecular flexibility index (Phi) is 6.68. The van der Waals surface area contributed by atoms with Crippen molar-refractivity contribution in [3.63, 3.8) is 0 Å². The molecule has 0 bridgehead atoms.